The van der Waals surface area contributed by atoms with Gasteiger partial charge >= 0.3 is 5.97 Å². The maximum Gasteiger partial charge on any atom is 0.340 e. The molecule has 1 aliphatic rings. The summed E-state index contributed by atoms with van der Waals surface area (Å²) in [5.74, 6) is -0.411. The van der Waals surface area contributed by atoms with Gasteiger partial charge in [-0.1, -0.05) is 30.3 Å². The zero-order chi connectivity index (χ0) is 30.8. The summed E-state index contributed by atoms with van der Waals surface area (Å²) in [6, 6.07) is 13.3. The van der Waals surface area contributed by atoms with Gasteiger partial charge in [0.2, 0.25) is 0 Å². The minimum atomic E-state index is -0.411. The predicted octanol–water partition coefficient (Wildman–Crippen LogP) is 4.47. The lowest BCUT2D eigenvalue weighted by atomic mass is 9.95. The number of rotatable bonds is 12. The van der Waals surface area contributed by atoms with E-state index >= 15 is 0 Å². The first-order valence-corrected chi connectivity index (χ1v) is 14.9. The fourth-order valence-corrected chi connectivity index (χ4v) is 5.65. The molecule has 0 bridgehead atoms. The topological polar surface area (TPSA) is 99.7 Å². The van der Waals surface area contributed by atoms with Gasteiger partial charge in [0.15, 0.2) is 12.6 Å². The second-order valence-electron chi connectivity index (χ2n) is 11.1. The van der Waals surface area contributed by atoms with Crippen LogP contribution in [0.4, 0.5) is 0 Å². The number of nitrogens with one attached hydrogen (secondary N) is 2. The standard InChI is InChI=1S/C32H36N4O4.C2H7N/c1-34(2)13-8-16-36-20-27(23-9-3-4-12-30(23)36)29(22-38)28(21-37)26-19-33-31-24(26)10-7-11-25(31)32(39)40-18-17-35-14-5-6-15-35;1-3-2/h3-4,7,9-12,19-22,33H,5-6,8,13-18H2,1-2H3;3H,1-2H3/b29-28-;. The van der Waals surface area contributed by atoms with Crippen molar-refractivity contribution in [3.8, 4) is 0 Å². The smallest absolute Gasteiger partial charge is 0.340 e. The van der Waals surface area contributed by atoms with E-state index < -0.39 is 5.97 Å². The van der Waals surface area contributed by atoms with Gasteiger partial charge in [0.05, 0.1) is 11.1 Å². The molecule has 0 saturated carbocycles. The number of nitrogens with zero attached hydrogens (tertiary/aromatic N) is 3. The Morgan fingerprint density at radius 1 is 0.930 bits per heavy atom. The number of carbonyl (C=O) groups is 3. The van der Waals surface area contributed by atoms with Crippen molar-refractivity contribution in [1.29, 1.82) is 0 Å². The van der Waals surface area contributed by atoms with Crippen LogP contribution in [-0.4, -0.2) is 98.9 Å². The van der Waals surface area contributed by atoms with Crippen LogP contribution in [0.3, 0.4) is 0 Å². The van der Waals surface area contributed by atoms with E-state index in [1.807, 2.05) is 64.7 Å². The second-order valence-corrected chi connectivity index (χ2v) is 11.1. The van der Waals surface area contributed by atoms with Crippen molar-refractivity contribution in [1.82, 2.24) is 24.7 Å². The molecular weight excluding hydrogens is 542 g/mol. The number of aromatic nitrogens is 2. The first-order chi connectivity index (χ1) is 20.9. The molecule has 1 saturated heterocycles. The molecule has 228 valence electrons. The lowest BCUT2D eigenvalue weighted by molar-refractivity contribution is -0.105. The summed E-state index contributed by atoms with van der Waals surface area (Å²) < 4.78 is 7.73. The number of hydrogen-bond donors (Lipinski definition) is 2. The molecule has 0 amide bonds. The van der Waals surface area contributed by atoms with Crippen LogP contribution < -0.4 is 5.32 Å². The predicted molar refractivity (Wildman–Crippen MR) is 173 cm³/mol. The van der Waals surface area contributed by atoms with Crippen LogP contribution in [0.25, 0.3) is 33.0 Å². The highest BCUT2D eigenvalue weighted by Crippen LogP contribution is 2.34. The Hall–Kier alpha value is -4.05. The molecule has 9 nitrogen and oxygen atoms in total. The van der Waals surface area contributed by atoms with Crippen LogP contribution in [-0.2, 0) is 20.9 Å². The monoisotopic (exact) mass is 585 g/mol. The number of hydrogen-bond acceptors (Lipinski definition) is 7. The third-order valence-electron chi connectivity index (χ3n) is 7.67. The number of aromatic amines is 1. The van der Waals surface area contributed by atoms with Gasteiger partial charge in [-0.2, -0.15) is 0 Å². The summed E-state index contributed by atoms with van der Waals surface area (Å²) in [5.41, 5.74) is 3.88. The molecule has 43 heavy (non-hydrogen) atoms. The van der Waals surface area contributed by atoms with E-state index in [1.54, 1.807) is 18.3 Å². The Bertz CT molecular complexity index is 1580. The van der Waals surface area contributed by atoms with E-state index in [1.165, 1.54) is 12.8 Å². The Morgan fingerprint density at radius 3 is 2.30 bits per heavy atom. The molecule has 0 aliphatic carbocycles. The van der Waals surface area contributed by atoms with Gasteiger partial charge < -0.3 is 24.5 Å². The first-order valence-electron chi connectivity index (χ1n) is 14.9. The highest BCUT2D eigenvalue weighted by atomic mass is 16.5. The van der Waals surface area contributed by atoms with Crippen molar-refractivity contribution < 1.29 is 19.1 Å². The zero-order valence-corrected chi connectivity index (χ0v) is 25.7. The normalized spacial score (nSPS) is 14.1. The fraction of sp³-hybridized carbons (Fsp3) is 0.382. The van der Waals surface area contributed by atoms with Gasteiger partial charge in [0.1, 0.15) is 6.61 Å². The molecule has 9 heteroatoms. The quantitative estimate of drug-likeness (QED) is 0.144. The number of allylic oxidation sites excluding steroid dienone is 2. The average molecular weight is 586 g/mol. The lowest BCUT2D eigenvalue weighted by Crippen LogP contribution is -2.25. The van der Waals surface area contributed by atoms with Crippen LogP contribution >= 0.6 is 0 Å². The molecule has 2 aromatic heterocycles. The number of ether oxygens (including phenoxy) is 1. The van der Waals surface area contributed by atoms with Crippen LogP contribution in [0.15, 0.2) is 54.9 Å². The van der Waals surface area contributed by atoms with Crippen molar-refractivity contribution in [2.75, 3.05) is 61.0 Å². The Kier molecular flexibility index (Phi) is 11.4. The molecule has 0 unspecified atom stereocenters. The van der Waals surface area contributed by atoms with Gasteiger partial charge in [-0.05, 0) is 79.2 Å². The number of fused-ring (bicyclic) bond motifs is 2. The number of likely N-dealkylation sites (tertiary alicyclic amines) is 1. The molecule has 0 atom stereocenters. The highest BCUT2D eigenvalue weighted by Gasteiger charge is 2.21. The number of aldehydes is 2. The van der Waals surface area contributed by atoms with E-state index in [0.717, 1.165) is 62.6 Å². The molecule has 0 spiro atoms. The molecular formula is C34H43N5O4. The van der Waals surface area contributed by atoms with E-state index in [2.05, 4.69) is 24.7 Å². The van der Waals surface area contributed by atoms with E-state index in [4.69, 9.17) is 4.74 Å². The number of esters is 1. The van der Waals surface area contributed by atoms with Crippen molar-refractivity contribution in [2.24, 2.45) is 0 Å². The Labute approximate surface area is 253 Å². The number of benzene rings is 2. The van der Waals surface area contributed by atoms with E-state index in [9.17, 15) is 14.4 Å². The summed E-state index contributed by atoms with van der Waals surface area (Å²) in [5, 5.41) is 4.35. The fourth-order valence-electron chi connectivity index (χ4n) is 5.65. The van der Waals surface area contributed by atoms with Crippen molar-refractivity contribution in [2.45, 2.75) is 25.8 Å². The van der Waals surface area contributed by atoms with Gasteiger partial charge in [-0.25, -0.2) is 4.79 Å². The van der Waals surface area contributed by atoms with E-state index in [0.29, 0.717) is 39.8 Å². The van der Waals surface area contributed by atoms with Crippen LogP contribution in [0.1, 0.15) is 40.7 Å². The molecule has 5 rings (SSSR count). The summed E-state index contributed by atoms with van der Waals surface area (Å²) in [4.78, 5) is 45.7. The minimum absolute atomic E-state index is 0.275. The molecule has 3 heterocycles. The van der Waals surface area contributed by atoms with Crippen LogP contribution in [0.2, 0.25) is 0 Å². The first kappa shape index (κ1) is 31.9. The third kappa shape index (κ3) is 7.48. The van der Waals surface area contributed by atoms with Crippen LogP contribution in [0, 0.1) is 0 Å². The molecule has 2 aromatic carbocycles. The zero-order valence-electron chi connectivity index (χ0n) is 25.7. The molecule has 4 aromatic rings. The number of carbonyl (C=O) groups excluding carboxylic acids is 3. The van der Waals surface area contributed by atoms with E-state index in [-0.39, 0.29) is 5.57 Å². The molecule has 1 aliphatic heterocycles. The highest BCUT2D eigenvalue weighted by molar-refractivity contribution is 6.33. The van der Waals surface area contributed by atoms with Gasteiger partial charge in [-0.15, -0.1) is 0 Å². The summed E-state index contributed by atoms with van der Waals surface area (Å²) >= 11 is 0. The maximum atomic E-state index is 13.0. The average Bonchev–Trinajstić information content (AvgIpc) is 3.76. The molecule has 0 radical (unpaired) electrons. The molecule has 2 N–H and O–H groups in total. The van der Waals surface area contributed by atoms with Gasteiger partial charge in [0, 0.05) is 64.0 Å². The largest absolute Gasteiger partial charge is 0.461 e. The minimum Gasteiger partial charge on any atom is -0.461 e. The SMILES string of the molecule is CN(C)CCCn1cc(/C(C=O)=C(/C=O)c2c[nH]c3c(C(=O)OCCN4CCCC4)cccc23)c2ccccc21.CNC. The second kappa shape index (κ2) is 15.4. The van der Waals surface area contributed by atoms with Crippen LogP contribution in [0.5, 0.6) is 0 Å². The van der Waals surface area contributed by atoms with Gasteiger partial charge in [-0.3, -0.25) is 14.5 Å². The summed E-state index contributed by atoms with van der Waals surface area (Å²) in [6.07, 6.45) is 8.46. The number of para-hydroxylation sites is 2. The number of H-pyrrole nitrogens is 1. The van der Waals surface area contributed by atoms with Gasteiger partial charge in [0.25, 0.3) is 0 Å². The maximum absolute atomic E-state index is 13.0. The van der Waals surface area contributed by atoms with Crippen molar-refractivity contribution in [3.05, 3.63) is 71.5 Å². The third-order valence-corrected chi connectivity index (χ3v) is 7.67. The van der Waals surface area contributed by atoms with Crippen molar-refractivity contribution in [3.63, 3.8) is 0 Å². The summed E-state index contributed by atoms with van der Waals surface area (Å²) in [7, 11) is 7.84. The Balaban J connectivity index is 0.00000135. The molecule has 1 fully saturated rings. The van der Waals surface area contributed by atoms with Crippen molar-refractivity contribution >= 4 is 51.5 Å². The number of aryl methyl sites for hydroxylation is 1. The summed E-state index contributed by atoms with van der Waals surface area (Å²) in [6.45, 7) is 4.87. The lowest BCUT2D eigenvalue weighted by Gasteiger charge is -2.14. The Morgan fingerprint density at radius 2 is 1.60 bits per heavy atom.